The van der Waals surface area contributed by atoms with Crippen molar-refractivity contribution in [3.05, 3.63) is 36.3 Å². The lowest BCUT2D eigenvalue weighted by Gasteiger charge is -1.98. The molecule has 0 spiro atoms. The third-order valence-electron chi connectivity index (χ3n) is 1.91. The fraction of sp³-hybridized carbons (Fsp3) is 0.111. The van der Waals surface area contributed by atoms with E-state index in [1.165, 1.54) is 0 Å². The Hall–Kier alpha value is -1.68. The third kappa shape index (κ3) is 1.43. The van der Waals surface area contributed by atoms with Crippen molar-refractivity contribution in [1.29, 1.82) is 0 Å². The molecule has 0 amide bonds. The van der Waals surface area contributed by atoms with Gasteiger partial charge in [0, 0.05) is 30.1 Å². The summed E-state index contributed by atoms with van der Waals surface area (Å²) in [7, 11) is 0. The maximum absolute atomic E-state index is 5.56. The van der Waals surface area contributed by atoms with E-state index in [1.54, 1.807) is 18.6 Å². The fourth-order valence-corrected chi connectivity index (χ4v) is 1.23. The van der Waals surface area contributed by atoms with Crippen LogP contribution in [0.2, 0.25) is 0 Å². The first kappa shape index (κ1) is 7.94. The number of aromatic nitrogens is 3. The summed E-state index contributed by atoms with van der Waals surface area (Å²) >= 11 is 0. The Morgan fingerprint density at radius 2 is 2.08 bits per heavy atom. The maximum Gasteiger partial charge on any atom is 0.0696 e. The van der Waals surface area contributed by atoms with Crippen molar-refractivity contribution in [3.63, 3.8) is 0 Å². The average Bonchev–Trinajstić information content (AvgIpc) is 2.67. The Balaban J connectivity index is 2.47. The first-order chi connectivity index (χ1) is 6.42. The molecule has 0 atom stereocenters. The summed E-state index contributed by atoms with van der Waals surface area (Å²) in [4.78, 5) is 3.95. The highest BCUT2D eigenvalue weighted by Gasteiger charge is 2.04. The average molecular weight is 174 g/mol. The Labute approximate surface area is 75.8 Å². The number of nitrogens with zero attached hydrogens (tertiary/aromatic N) is 2. The van der Waals surface area contributed by atoms with Crippen molar-refractivity contribution >= 4 is 0 Å². The molecule has 66 valence electrons. The van der Waals surface area contributed by atoms with E-state index in [9.17, 15) is 0 Å². The smallest absolute Gasteiger partial charge is 0.0696 e. The minimum absolute atomic E-state index is 0.494. The molecule has 2 aromatic rings. The first-order valence-corrected chi connectivity index (χ1v) is 4.04. The highest BCUT2D eigenvalue weighted by molar-refractivity contribution is 5.61. The van der Waals surface area contributed by atoms with Crippen LogP contribution in [0.5, 0.6) is 0 Å². The van der Waals surface area contributed by atoms with Gasteiger partial charge in [-0.2, -0.15) is 5.10 Å². The lowest BCUT2D eigenvalue weighted by molar-refractivity contribution is 1.08. The first-order valence-electron chi connectivity index (χ1n) is 4.04. The number of nitrogens with two attached hydrogens (primary N) is 1. The van der Waals surface area contributed by atoms with E-state index in [-0.39, 0.29) is 0 Å². The SMILES string of the molecule is NCc1cn[nH]c1-c1ccncc1. The van der Waals surface area contributed by atoms with Gasteiger partial charge in [0.15, 0.2) is 0 Å². The normalized spacial score (nSPS) is 10.2. The number of aromatic amines is 1. The largest absolute Gasteiger partial charge is 0.326 e. The summed E-state index contributed by atoms with van der Waals surface area (Å²) in [5.41, 5.74) is 8.62. The molecule has 2 aromatic heterocycles. The van der Waals surface area contributed by atoms with Crippen LogP contribution in [0.3, 0.4) is 0 Å². The Morgan fingerprint density at radius 3 is 2.77 bits per heavy atom. The van der Waals surface area contributed by atoms with Gasteiger partial charge >= 0.3 is 0 Å². The summed E-state index contributed by atoms with van der Waals surface area (Å²) in [6.45, 7) is 0.494. The molecule has 0 fully saturated rings. The van der Waals surface area contributed by atoms with Crippen molar-refractivity contribution in [2.24, 2.45) is 5.73 Å². The van der Waals surface area contributed by atoms with Gasteiger partial charge in [0.1, 0.15) is 0 Å². The zero-order valence-corrected chi connectivity index (χ0v) is 7.07. The number of hydrogen-bond acceptors (Lipinski definition) is 3. The molecule has 0 radical (unpaired) electrons. The molecular formula is C9H10N4. The predicted octanol–water partition coefficient (Wildman–Crippen LogP) is 0.930. The van der Waals surface area contributed by atoms with Gasteiger partial charge in [0.05, 0.1) is 11.9 Å². The number of nitrogens with one attached hydrogen (secondary N) is 1. The highest BCUT2D eigenvalue weighted by Crippen LogP contribution is 2.18. The van der Waals surface area contributed by atoms with Crippen molar-refractivity contribution in [1.82, 2.24) is 15.2 Å². The van der Waals surface area contributed by atoms with Gasteiger partial charge in [-0.25, -0.2) is 0 Å². The van der Waals surface area contributed by atoms with Gasteiger partial charge in [0.25, 0.3) is 0 Å². The maximum atomic E-state index is 5.56. The van der Waals surface area contributed by atoms with E-state index < -0.39 is 0 Å². The molecule has 0 saturated heterocycles. The predicted molar refractivity (Wildman–Crippen MR) is 49.7 cm³/mol. The molecule has 13 heavy (non-hydrogen) atoms. The Morgan fingerprint density at radius 1 is 1.31 bits per heavy atom. The van der Waals surface area contributed by atoms with Crippen LogP contribution in [0.25, 0.3) is 11.3 Å². The second-order valence-corrected chi connectivity index (χ2v) is 2.71. The molecule has 2 rings (SSSR count). The van der Waals surface area contributed by atoms with E-state index in [2.05, 4.69) is 15.2 Å². The zero-order valence-electron chi connectivity index (χ0n) is 7.07. The minimum atomic E-state index is 0.494. The van der Waals surface area contributed by atoms with Crippen LogP contribution in [0.4, 0.5) is 0 Å². The van der Waals surface area contributed by atoms with Crippen molar-refractivity contribution in [3.8, 4) is 11.3 Å². The van der Waals surface area contributed by atoms with Crippen LogP contribution in [0.1, 0.15) is 5.56 Å². The topological polar surface area (TPSA) is 67.6 Å². The summed E-state index contributed by atoms with van der Waals surface area (Å²) in [6, 6.07) is 3.85. The van der Waals surface area contributed by atoms with Crippen LogP contribution in [-0.4, -0.2) is 15.2 Å². The lowest BCUT2D eigenvalue weighted by Crippen LogP contribution is -1.96. The summed E-state index contributed by atoms with van der Waals surface area (Å²) in [5.74, 6) is 0. The molecule has 2 heterocycles. The van der Waals surface area contributed by atoms with Crippen molar-refractivity contribution in [2.45, 2.75) is 6.54 Å². The molecule has 0 aromatic carbocycles. The summed E-state index contributed by atoms with van der Waals surface area (Å²) < 4.78 is 0. The van der Waals surface area contributed by atoms with Gasteiger partial charge in [-0.05, 0) is 12.1 Å². The van der Waals surface area contributed by atoms with Crippen LogP contribution in [0, 0.1) is 0 Å². The molecule has 0 aliphatic rings. The molecule has 0 unspecified atom stereocenters. The van der Waals surface area contributed by atoms with Crippen LogP contribution < -0.4 is 5.73 Å². The van der Waals surface area contributed by atoms with Gasteiger partial charge < -0.3 is 5.73 Å². The number of H-pyrrole nitrogens is 1. The van der Waals surface area contributed by atoms with Crippen molar-refractivity contribution in [2.75, 3.05) is 0 Å². The summed E-state index contributed by atoms with van der Waals surface area (Å²) in [6.07, 6.45) is 5.24. The Kier molecular flexibility index (Phi) is 2.06. The molecule has 4 nitrogen and oxygen atoms in total. The lowest BCUT2D eigenvalue weighted by atomic mass is 10.1. The molecule has 0 aliphatic heterocycles. The van der Waals surface area contributed by atoms with Crippen LogP contribution in [0.15, 0.2) is 30.7 Å². The van der Waals surface area contributed by atoms with E-state index in [1.807, 2.05) is 12.1 Å². The number of hydrogen-bond donors (Lipinski definition) is 2. The van der Waals surface area contributed by atoms with Crippen LogP contribution >= 0.6 is 0 Å². The highest BCUT2D eigenvalue weighted by atomic mass is 15.1. The van der Waals surface area contributed by atoms with E-state index in [0.29, 0.717) is 6.54 Å². The van der Waals surface area contributed by atoms with Gasteiger partial charge in [0.2, 0.25) is 0 Å². The monoisotopic (exact) mass is 174 g/mol. The molecule has 4 heteroatoms. The van der Waals surface area contributed by atoms with E-state index in [4.69, 9.17) is 5.73 Å². The molecule has 0 bridgehead atoms. The van der Waals surface area contributed by atoms with E-state index >= 15 is 0 Å². The van der Waals surface area contributed by atoms with E-state index in [0.717, 1.165) is 16.8 Å². The number of rotatable bonds is 2. The fourth-order valence-electron chi connectivity index (χ4n) is 1.23. The molecule has 0 aliphatic carbocycles. The minimum Gasteiger partial charge on any atom is -0.326 e. The number of pyridine rings is 1. The van der Waals surface area contributed by atoms with Crippen molar-refractivity contribution < 1.29 is 0 Å². The molecule has 3 N–H and O–H groups in total. The van der Waals surface area contributed by atoms with Gasteiger partial charge in [-0.1, -0.05) is 0 Å². The van der Waals surface area contributed by atoms with Gasteiger partial charge in [-0.3, -0.25) is 10.1 Å². The Bertz CT molecular complexity index is 380. The van der Waals surface area contributed by atoms with Crippen LogP contribution in [-0.2, 0) is 6.54 Å². The third-order valence-corrected chi connectivity index (χ3v) is 1.91. The standard InChI is InChI=1S/C9H10N4/c10-5-8-6-12-13-9(8)7-1-3-11-4-2-7/h1-4,6H,5,10H2,(H,12,13). The summed E-state index contributed by atoms with van der Waals surface area (Å²) in [5, 5.41) is 6.86. The molecule has 0 saturated carbocycles. The van der Waals surface area contributed by atoms with Gasteiger partial charge in [-0.15, -0.1) is 0 Å². The second-order valence-electron chi connectivity index (χ2n) is 2.71. The quantitative estimate of drug-likeness (QED) is 0.711. The second kappa shape index (κ2) is 3.37. The molecular weight excluding hydrogens is 164 g/mol. The zero-order chi connectivity index (χ0) is 9.10.